The number of nitrogens with zero attached hydrogens (tertiary/aromatic N) is 4. The van der Waals surface area contributed by atoms with Crippen molar-refractivity contribution in [3.63, 3.8) is 0 Å². The maximum atomic E-state index is 12.6. The third-order valence-corrected chi connectivity index (χ3v) is 5.45. The Morgan fingerprint density at radius 1 is 1.10 bits per heavy atom. The van der Waals surface area contributed by atoms with Gasteiger partial charge < -0.3 is 10.1 Å². The topological polar surface area (TPSA) is 81.9 Å². The molecule has 0 aliphatic heterocycles. The van der Waals surface area contributed by atoms with Gasteiger partial charge in [0.15, 0.2) is 5.65 Å². The summed E-state index contributed by atoms with van der Waals surface area (Å²) in [5, 5.41) is 8.06. The molecule has 7 nitrogen and oxygen atoms in total. The van der Waals surface area contributed by atoms with Crippen molar-refractivity contribution in [3.05, 3.63) is 67.1 Å². The molecule has 158 valence electrons. The number of nitrogens with one attached hydrogen (secondary N) is 1. The summed E-state index contributed by atoms with van der Waals surface area (Å²) in [6.45, 7) is -1.14. The number of para-hydroxylation sites is 1. The van der Waals surface area contributed by atoms with E-state index < -0.39 is 11.9 Å². The summed E-state index contributed by atoms with van der Waals surface area (Å²) in [7, 11) is 0. The number of carbonyl (C=O) groups is 1. The Morgan fingerprint density at radius 2 is 1.84 bits per heavy atom. The number of hydrogen-bond acceptors (Lipinski definition) is 6. The Kier molecular flexibility index (Phi) is 6.08. The number of fused-ring (bicyclic) bond motifs is 1. The fourth-order valence-corrected chi connectivity index (χ4v) is 3.74. The second-order valence-electron chi connectivity index (χ2n) is 6.46. The van der Waals surface area contributed by atoms with E-state index in [0.717, 1.165) is 11.1 Å². The zero-order valence-corrected chi connectivity index (χ0v) is 17.1. The lowest BCUT2D eigenvalue weighted by Crippen LogP contribution is -2.22. The Hall–Kier alpha value is -3.53. The quantitative estimate of drug-likeness (QED) is 0.335. The van der Waals surface area contributed by atoms with Crippen LogP contribution >= 0.6 is 11.8 Å². The molecule has 4 aromatic rings. The van der Waals surface area contributed by atoms with Crippen molar-refractivity contribution < 1.29 is 18.3 Å². The number of ether oxygens (including phenoxy) is 1. The Labute approximate surface area is 180 Å². The number of hydrogen-bond donors (Lipinski definition) is 1. The molecule has 10 heteroatoms. The zero-order valence-electron chi connectivity index (χ0n) is 16.3. The van der Waals surface area contributed by atoms with Gasteiger partial charge in [-0.3, -0.25) is 4.79 Å². The maximum Gasteiger partial charge on any atom is 0.387 e. The Bertz CT molecular complexity index is 1190. The molecule has 0 spiro atoms. The summed E-state index contributed by atoms with van der Waals surface area (Å²) in [6.07, 6.45) is 3.12. The van der Waals surface area contributed by atoms with Gasteiger partial charge in [-0.2, -0.15) is 13.9 Å². The minimum Gasteiger partial charge on any atom is -0.435 e. The van der Waals surface area contributed by atoms with E-state index in [9.17, 15) is 13.6 Å². The van der Waals surface area contributed by atoms with Gasteiger partial charge in [-0.1, -0.05) is 30.0 Å². The predicted octanol–water partition coefficient (Wildman–Crippen LogP) is 4.54. The molecular weight excluding hydrogens is 424 g/mol. The lowest BCUT2D eigenvalue weighted by atomic mass is 10.3. The lowest BCUT2D eigenvalue weighted by Gasteiger charge is -2.12. The fraction of sp³-hybridized carbons (Fsp3) is 0.143. The first-order chi connectivity index (χ1) is 15.0. The van der Waals surface area contributed by atoms with E-state index >= 15 is 0 Å². The van der Waals surface area contributed by atoms with Crippen LogP contribution in [0.2, 0.25) is 0 Å². The van der Waals surface area contributed by atoms with Crippen molar-refractivity contribution in [3.8, 4) is 11.4 Å². The minimum absolute atomic E-state index is 0.0224. The smallest absolute Gasteiger partial charge is 0.387 e. The summed E-state index contributed by atoms with van der Waals surface area (Å²) in [4.78, 5) is 21.2. The highest BCUT2D eigenvalue weighted by molar-refractivity contribution is 8.00. The SMILES string of the molecule is C[C@@H](Sc1ncnc2c1cnn2-c1ccccc1)C(=O)Nc1ccc(OC(F)F)cc1. The summed E-state index contributed by atoms with van der Waals surface area (Å²) >= 11 is 1.28. The van der Waals surface area contributed by atoms with E-state index in [1.807, 2.05) is 30.3 Å². The molecule has 0 fully saturated rings. The summed E-state index contributed by atoms with van der Waals surface area (Å²) in [5.74, 6) is -0.232. The average Bonchev–Trinajstić information content (AvgIpc) is 3.20. The minimum atomic E-state index is -2.90. The van der Waals surface area contributed by atoms with Gasteiger partial charge in [0.05, 0.1) is 22.5 Å². The van der Waals surface area contributed by atoms with Crippen molar-refractivity contribution in [2.45, 2.75) is 23.8 Å². The van der Waals surface area contributed by atoms with Crippen molar-refractivity contribution in [1.29, 1.82) is 0 Å². The van der Waals surface area contributed by atoms with Crippen LogP contribution in [0.3, 0.4) is 0 Å². The molecule has 0 unspecified atom stereocenters. The molecule has 31 heavy (non-hydrogen) atoms. The van der Waals surface area contributed by atoms with E-state index in [4.69, 9.17) is 0 Å². The number of thioether (sulfide) groups is 1. The first-order valence-corrected chi connectivity index (χ1v) is 10.2. The number of aromatic nitrogens is 4. The monoisotopic (exact) mass is 441 g/mol. The largest absolute Gasteiger partial charge is 0.435 e. The van der Waals surface area contributed by atoms with Gasteiger partial charge in [0, 0.05) is 5.69 Å². The molecule has 0 saturated heterocycles. The summed E-state index contributed by atoms with van der Waals surface area (Å²) < 4.78 is 30.5. The molecule has 0 aliphatic rings. The molecule has 0 saturated carbocycles. The maximum absolute atomic E-state index is 12.6. The van der Waals surface area contributed by atoms with Crippen molar-refractivity contribution in [2.75, 3.05) is 5.32 Å². The number of carbonyl (C=O) groups excluding carboxylic acids is 1. The lowest BCUT2D eigenvalue weighted by molar-refractivity contribution is -0.115. The molecule has 1 atom stereocenters. The number of amides is 1. The van der Waals surface area contributed by atoms with Gasteiger partial charge >= 0.3 is 6.61 Å². The van der Waals surface area contributed by atoms with Crippen LogP contribution in [0, 0.1) is 0 Å². The van der Waals surface area contributed by atoms with Gasteiger partial charge in [-0.25, -0.2) is 14.6 Å². The number of benzene rings is 2. The Balaban J connectivity index is 1.47. The van der Waals surface area contributed by atoms with E-state index in [-0.39, 0.29) is 11.7 Å². The van der Waals surface area contributed by atoms with E-state index in [1.54, 1.807) is 17.8 Å². The molecule has 2 heterocycles. The van der Waals surface area contributed by atoms with E-state index in [2.05, 4.69) is 25.1 Å². The Morgan fingerprint density at radius 3 is 2.55 bits per heavy atom. The zero-order chi connectivity index (χ0) is 21.8. The standard InChI is InChI=1S/C21H17F2N5O2S/c1-13(19(29)27-14-7-9-16(10-8-14)30-21(22)23)31-20-17-11-26-28(18(17)24-12-25-20)15-5-3-2-4-6-15/h2-13,21H,1H3,(H,27,29)/t13-/m1/s1. The molecule has 4 rings (SSSR count). The molecule has 2 aromatic carbocycles. The number of alkyl halides is 2. The van der Waals surface area contributed by atoms with Crippen LogP contribution in [-0.4, -0.2) is 37.5 Å². The van der Waals surface area contributed by atoms with Gasteiger partial charge in [0.25, 0.3) is 0 Å². The van der Waals surface area contributed by atoms with Crippen LogP contribution in [0.4, 0.5) is 14.5 Å². The third-order valence-electron chi connectivity index (χ3n) is 4.33. The van der Waals surface area contributed by atoms with Crippen LogP contribution in [0.15, 0.2) is 72.1 Å². The molecule has 0 bridgehead atoms. The first-order valence-electron chi connectivity index (χ1n) is 9.28. The molecule has 1 amide bonds. The van der Waals surface area contributed by atoms with Gasteiger partial charge in [0.2, 0.25) is 5.91 Å². The molecule has 0 radical (unpaired) electrons. The van der Waals surface area contributed by atoms with Crippen LogP contribution in [0.25, 0.3) is 16.7 Å². The number of rotatable bonds is 7. The number of halogens is 2. The first kappa shape index (κ1) is 20.7. The highest BCUT2D eigenvalue weighted by Gasteiger charge is 2.19. The van der Waals surface area contributed by atoms with Crippen molar-refractivity contribution in [2.24, 2.45) is 0 Å². The van der Waals surface area contributed by atoms with E-state index in [1.165, 1.54) is 42.4 Å². The van der Waals surface area contributed by atoms with Gasteiger partial charge in [0.1, 0.15) is 17.1 Å². The summed E-state index contributed by atoms with van der Waals surface area (Å²) in [6, 6.07) is 15.3. The van der Waals surface area contributed by atoms with Crippen molar-refractivity contribution >= 4 is 34.4 Å². The van der Waals surface area contributed by atoms with Crippen molar-refractivity contribution in [1.82, 2.24) is 19.7 Å². The highest BCUT2D eigenvalue weighted by atomic mass is 32.2. The van der Waals surface area contributed by atoms with Crippen LogP contribution < -0.4 is 10.1 Å². The van der Waals surface area contributed by atoms with E-state index in [0.29, 0.717) is 16.4 Å². The van der Waals surface area contributed by atoms with Gasteiger partial charge in [-0.05, 0) is 43.3 Å². The second-order valence-corrected chi connectivity index (χ2v) is 7.79. The predicted molar refractivity (Wildman–Crippen MR) is 114 cm³/mol. The average molecular weight is 441 g/mol. The normalized spacial score (nSPS) is 12.1. The highest BCUT2D eigenvalue weighted by Crippen LogP contribution is 2.29. The molecule has 2 aromatic heterocycles. The van der Waals surface area contributed by atoms with Crippen LogP contribution in [-0.2, 0) is 4.79 Å². The fourth-order valence-electron chi connectivity index (χ4n) is 2.86. The number of anilines is 1. The van der Waals surface area contributed by atoms with Crippen LogP contribution in [0.1, 0.15) is 6.92 Å². The molecule has 1 N–H and O–H groups in total. The summed E-state index contributed by atoms with van der Waals surface area (Å²) in [5.41, 5.74) is 1.99. The molecular formula is C21H17F2N5O2S. The molecule has 0 aliphatic carbocycles. The van der Waals surface area contributed by atoms with Gasteiger partial charge in [-0.15, -0.1) is 0 Å². The third kappa shape index (κ3) is 4.80. The second kappa shape index (κ2) is 9.09. The van der Waals surface area contributed by atoms with Crippen LogP contribution in [0.5, 0.6) is 5.75 Å².